The summed E-state index contributed by atoms with van der Waals surface area (Å²) < 4.78 is 7.21. The molecule has 0 bridgehead atoms. The first-order valence-corrected chi connectivity index (χ1v) is 10.1. The third kappa shape index (κ3) is 4.78. The Kier molecular flexibility index (Phi) is 7.03. The number of para-hydroxylation sites is 1. The zero-order valence-electron chi connectivity index (χ0n) is 17.6. The maximum Gasteiger partial charge on any atom is 0.266 e. The van der Waals surface area contributed by atoms with Crippen LogP contribution in [0.15, 0.2) is 77.3 Å². The Hall–Kier alpha value is -3.38. The van der Waals surface area contributed by atoms with E-state index in [0.717, 1.165) is 17.0 Å². The number of nitrogens with zero attached hydrogens (tertiary/aromatic N) is 2. The highest BCUT2D eigenvalue weighted by Gasteiger charge is 2.17. The van der Waals surface area contributed by atoms with Gasteiger partial charge in [0, 0.05) is 6.54 Å². The smallest absolute Gasteiger partial charge is 0.266 e. The van der Waals surface area contributed by atoms with Crippen molar-refractivity contribution in [2.75, 3.05) is 13.2 Å². The van der Waals surface area contributed by atoms with Crippen molar-refractivity contribution in [1.29, 1.82) is 0 Å². The molecule has 3 aromatic rings. The number of hydrogen-bond donors (Lipinski definition) is 2. The molecule has 2 aromatic carbocycles. The first-order valence-electron chi connectivity index (χ1n) is 10.1. The number of rotatable bonds is 8. The molecule has 0 aliphatic rings. The molecule has 1 aromatic heterocycles. The van der Waals surface area contributed by atoms with Crippen molar-refractivity contribution in [2.45, 2.75) is 26.8 Å². The average Bonchev–Trinajstić information content (AvgIpc) is 2.77. The van der Waals surface area contributed by atoms with Crippen molar-refractivity contribution < 1.29 is 4.74 Å². The maximum absolute atomic E-state index is 13.4. The molecule has 1 heterocycles. The molecule has 3 rings (SSSR count). The molecule has 1 atom stereocenters. The van der Waals surface area contributed by atoms with E-state index in [2.05, 4.69) is 5.32 Å². The fourth-order valence-corrected chi connectivity index (χ4v) is 3.23. The Bertz CT molecular complexity index is 1110. The number of fused-ring (bicyclic) bond motifs is 1. The topological polar surface area (TPSA) is 82.2 Å². The van der Waals surface area contributed by atoms with Gasteiger partial charge in [0.25, 0.3) is 5.56 Å². The number of aromatic nitrogens is 2. The van der Waals surface area contributed by atoms with Gasteiger partial charge in [0.2, 0.25) is 0 Å². The molecule has 156 valence electrons. The van der Waals surface area contributed by atoms with Crippen LogP contribution in [0.3, 0.4) is 0 Å². The van der Waals surface area contributed by atoms with Crippen LogP contribution in [-0.2, 0) is 0 Å². The first kappa shape index (κ1) is 21.3. The molecule has 3 N–H and O–H groups in total. The highest BCUT2D eigenvalue weighted by molar-refractivity contribution is 5.77. The number of ether oxygens (including phenoxy) is 1. The van der Waals surface area contributed by atoms with Gasteiger partial charge in [0.15, 0.2) is 0 Å². The summed E-state index contributed by atoms with van der Waals surface area (Å²) in [5.74, 6) is 1.43. The minimum atomic E-state index is -0.154. The second-order valence-electron chi connectivity index (χ2n) is 7.06. The molecule has 0 saturated heterocycles. The van der Waals surface area contributed by atoms with E-state index >= 15 is 0 Å². The van der Waals surface area contributed by atoms with Crippen molar-refractivity contribution in [1.82, 2.24) is 14.9 Å². The summed E-state index contributed by atoms with van der Waals surface area (Å²) >= 11 is 0. The molecule has 0 saturated carbocycles. The van der Waals surface area contributed by atoms with Gasteiger partial charge in [-0.15, -0.1) is 0 Å². The Morgan fingerprint density at radius 1 is 1.23 bits per heavy atom. The molecule has 6 nitrogen and oxygen atoms in total. The summed E-state index contributed by atoms with van der Waals surface area (Å²) in [7, 11) is 0. The summed E-state index contributed by atoms with van der Waals surface area (Å²) in [5.41, 5.74) is 7.88. The Morgan fingerprint density at radius 2 is 1.97 bits per heavy atom. The van der Waals surface area contributed by atoms with Crippen LogP contribution in [0.4, 0.5) is 0 Å². The normalized spacial score (nSPS) is 13.1. The second-order valence-corrected chi connectivity index (χ2v) is 7.06. The zero-order valence-corrected chi connectivity index (χ0v) is 17.6. The standard InChI is InChI=1S/C24H28N4O2/c1-4-30-20-13-11-19(12-14-20)28-23(18(3)26-16-17(2)8-7-15-25)27-22-10-6-5-9-21(22)24(28)29/h5-15,18,26H,4,16,25H2,1-3H3/b15-7-,17-8+. The fraction of sp³-hybridized carbons (Fsp3) is 0.250. The average molecular weight is 405 g/mol. The van der Waals surface area contributed by atoms with E-state index in [1.165, 1.54) is 6.20 Å². The SMILES string of the molecule is CCOc1ccc(-n2c(C(C)NC/C(C)=C/C=C\N)nc3ccccc3c2=O)cc1. The Balaban J connectivity index is 2.05. The molecule has 0 radical (unpaired) electrons. The molecule has 0 aliphatic carbocycles. The van der Waals surface area contributed by atoms with Crippen LogP contribution in [0.2, 0.25) is 0 Å². The van der Waals surface area contributed by atoms with Gasteiger partial charge in [-0.3, -0.25) is 9.36 Å². The molecule has 0 aliphatic heterocycles. The predicted octanol–water partition coefficient (Wildman–Crippen LogP) is 3.85. The van der Waals surface area contributed by atoms with Crippen molar-refractivity contribution in [3.8, 4) is 11.4 Å². The van der Waals surface area contributed by atoms with Crippen LogP contribution in [0.1, 0.15) is 32.6 Å². The minimum Gasteiger partial charge on any atom is -0.494 e. The highest BCUT2D eigenvalue weighted by atomic mass is 16.5. The van der Waals surface area contributed by atoms with E-state index in [9.17, 15) is 4.79 Å². The monoisotopic (exact) mass is 404 g/mol. The van der Waals surface area contributed by atoms with Crippen molar-refractivity contribution in [3.05, 3.63) is 88.6 Å². The molecular weight excluding hydrogens is 376 g/mol. The second kappa shape index (κ2) is 9.89. The van der Waals surface area contributed by atoms with Gasteiger partial charge >= 0.3 is 0 Å². The molecule has 0 fully saturated rings. The number of allylic oxidation sites excluding steroid dienone is 2. The lowest BCUT2D eigenvalue weighted by molar-refractivity contribution is 0.340. The molecule has 1 unspecified atom stereocenters. The molecule has 6 heteroatoms. The number of nitrogens with two attached hydrogens (primary N) is 1. The third-order valence-corrected chi connectivity index (χ3v) is 4.77. The molecule has 0 spiro atoms. The summed E-state index contributed by atoms with van der Waals surface area (Å²) in [6.07, 6.45) is 5.25. The van der Waals surface area contributed by atoms with Crippen LogP contribution in [0.25, 0.3) is 16.6 Å². The van der Waals surface area contributed by atoms with Gasteiger partial charge in [0.05, 0.1) is 29.2 Å². The Morgan fingerprint density at radius 3 is 2.67 bits per heavy atom. The lowest BCUT2D eigenvalue weighted by Crippen LogP contribution is -2.30. The maximum atomic E-state index is 13.4. The summed E-state index contributed by atoms with van der Waals surface area (Å²) in [4.78, 5) is 18.2. The van der Waals surface area contributed by atoms with Crippen molar-refractivity contribution in [2.24, 2.45) is 5.73 Å². The lowest BCUT2D eigenvalue weighted by Gasteiger charge is -2.20. The summed E-state index contributed by atoms with van der Waals surface area (Å²) in [6.45, 7) is 7.21. The van der Waals surface area contributed by atoms with Crippen LogP contribution in [-0.4, -0.2) is 22.7 Å². The summed E-state index contributed by atoms with van der Waals surface area (Å²) in [6, 6.07) is 14.8. The van der Waals surface area contributed by atoms with E-state index in [1.54, 1.807) is 10.6 Å². The largest absolute Gasteiger partial charge is 0.494 e. The molecular formula is C24H28N4O2. The van der Waals surface area contributed by atoms with Gasteiger partial charge in [-0.2, -0.15) is 0 Å². The van der Waals surface area contributed by atoms with E-state index in [0.29, 0.717) is 29.9 Å². The van der Waals surface area contributed by atoms with Gasteiger partial charge in [-0.25, -0.2) is 4.98 Å². The van der Waals surface area contributed by atoms with Gasteiger partial charge < -0.3 is 15.8 Å². The molecule has 30 heavy (non-hydrogen) atoms. The van der Waals surface area contributed by atoms with Gasteiger partial charge in [-0.1, -0.05) is 23.8 Å². The number of hydrogen-bond acceptors (Lipinski definition) is 5. The fourth-order valence-electron chi connectivity index (χ4n) is 3.23. The van der Waals surface area contributed by atoms with Gasteiger partial charge in [-0.05, 0) is 69.4 Å². The van der Waals surface area contributed by atoms with Crippen LogP contribution in [0.5, 0.6) is 5.75 Å². The highest BCUT2D eigenvalue weighted by Crippen LogP contribution is 2.20. The van der Waals surface area contributed by atoms with E-state index in [4.69, 9.17) is 15.5 Å². The van der Waals surface area contributed by atoms with E-state index in [-0.39, 0.29) is 11.6 Å². The molecule has 0 amide bonds. The Labute approximate surface area is 176 Å². The number of benzene rings is 2. The lowest BCUT2D eigenvalue weighted by atomic mass is 10.2. The van der Waals surface area contributed by atoms with Gasteiger partial charge in [0.1, 0.15) is 11.6 Å². The van der Waals surface area contributed by atoms with Crippen LogP contribution < -0.4 is 21.3 Å². The quantitative estimate of drug-likeness (QED) is 0.557. The summed E-state index contributed by atoms with van der Waals surface area (Å²) in [5, 5.41) is 4.04. The van der Waals surface area contributed by atoms with Crippen LogP contribution >= 0.6 is 0 Å². The zero-order chi connectivity index (χ0) is 21.5. The van der Waals surface area contributed by atoms with E-state index in [1.807, 2.05) is 75.4 Å². The third-order valence-electron chi connectivity index (χ3n) is 4.77. The predicted molar refractivity (Wildman–Crippen MR) is 122 cm³/mol. The van der Waals surface area contributed by atoms with Crippen molar-refractivity contribution >= 4 is 10.9 Å². The minimum absolute atomic E-state index is 0.0910. The number of nitrogens with one attached hydrogen (secondary N) is 1. The first-order chi connectivity index (χ1) is 14.5. The van der Waals surface area contributed by atoms with Crippen molar-refractivity contribution in [3.63, 3.8) is 0 Å². The van der Waals surface area contributed by atoms with Crippen LogP contribution in [0, 0.1) is 0 Å². The van der Waals surface area contributed by atoms with E-state index < -0.39 is 0 Å².